The molecule has 0 spiro atoms. The van der Waals surface area contributed by atoms with Crippen molar-refractivity contribution in [3.8, 4) is 0 Å². The summed E-state index contributed by atoms with van der Waals surface area (Å²) in [5.74, 6) is 2.68. The van der Waals surface area contributed by atoms with E-state index < -0.39 is 10.2 Å². The summed E-state index contributed by atoms with van der Waals surface area (Å²) >= 11 is 3.20. The van der Waals surface area contributed by atoms with Crippen LogP contribution in [-0.2, 0) is 16.0 Å². The molecule has 4 N–H and O–H groups in total. The number of aliphatic imine (C=N–C) groups is 1. The molecule has 0 unspecified atom stereocenters. The number of likely N-dealkylation sites (N-methyl/N-ethyl adjacent to an activating group) is 1. The zero-order valence-electron chi connectivity index (χ0n) is 14.0. The lowest BCUT2D eigenvalue weighted by molar-refractivity contribution is 0.600. The van der Waals surface area contributed by atoms with Crippen molar-refractivity contribution in [3.05, 3.63) is 11.1 Å². The van der Waals surface area contributed by atoms with Crippen LogP contribution in [0.1, 0.15) is 5.69 Å². The molecule has 10 nitrogen and oxygen atoms in total. The first-order chi connectivity index (χ1) is 12.0. The Morgan fingerprint density at radius 2 is 2.08 bits per heavy atom. The molecule has 0 aliphatic carbocycles. The lowest BCUT2D eigenvalue weighted by Crippen LogP contribution is -2.37. The van der Waals surface area contributed by atoms with Crippen LogP contribution in [0.2, 0.25) is 0 Å². The van der Waals surface area contributed by atoms with Crippen LogP contribution in [0.4, 0.5) is 5.13 Å². The summed E-state index contributed by atoms with van der Waals surface area (Å²) in [4.78, 5) is 8.52. The highest BCUT2D eigenvalue weighted by Gasteiger charge is 2.22. The third-order valence-corrected chi connectivity index (χ3v) is 5.53. The number of thiazole rings is 1. The fraction of sp³-hybridized carbons (Fsp3) is 0.500. The van der Waals surface area contributed by atoms with Gasteiger partial charge in [0.2, 0.25) is 0 Å². The van der Waals surface area contributed by atoms with Gasteiger partial charge in [-0.05, 0) is 0 Å². The number of guanidine groups is 1. The van der Waals surface area contributed by atoms with Crippen LogP contribution in [-0.4, -0.2) is 64.5 Å². The van der Waals surface area contributed by atoms with E-state index in [0.29, 0.717) is 12.5 Å². The Bertz CT molecular complexity index is 784. The van der Waals surface area contributed by atoms with Gasteiger partial charge in [0.25, 0.3) is 0 Å². The summed E-state index contributed by atoms with van der Waals surface area (Å²) in [6.07, 6.45) is 0. The molecule has 1 aromatic rings. The monoisotopic (exact) mass is 404 g/mol. The third-order valence-electron chi connectivity index (χ3n) is 2.90. The van der Waals surface area contributed by atoms with Gasteiger partial charge < -0.3 is 21.3 Å². The van der Waals surface area contributed by atoms with E-state index >= 15 is 0 Å². The number of amidine groups is 2. The summed E-state index contributed by atoms with van der Waals surface area (Å²) in [5, 5.41) is 14.5. The molecule has 13 heteroatoms. The van der Waals surface area contributed by atoms with Gasteiger partial charge in [-0.2, -0.15) is 20.2 Å². The first-order valence-electron chi connectivity index (χ1n) is 7.28. The molecule has 1 aliphatic rings. The summed E-state index contributed by atoms with van der Waals surface area (Å²) in [7, 11) is 1.34. The summed E-state index contributed by atoms with van der Waals surface area (Å²) in [6.45, 7) is 0.571. The molecule has 1 aliphatic heterocycles. The lowest BCUT2D eigenvalue weighted by Gasteiger charge is -2.06. The summed E-state index contributed by atoms with van der Waals surface area (Å²) in [6, 6.07) is 0. The van der Waals surface area contributed by atoms with Crippen LogP contribution in [0, 0.1) is 0 Å². The maximum Gasteiger partial charge on any atom is 0.367 e. The lowest BCUT2D eigenvalue weighted by atomic mass is 10.5. The van der Waals surface area contributed by atoms with E-state index in [9.17, 15) is 8.42 Å². The molecule has 0 saturated heterocycles. The molecule has 0 amide bonds. The molecule has 0 saturated carbocycles. The van der Waals surface area contributed by atoms with Gasteiger partial charge in [-0.3, -0.25) is 4.99 Å². The molecule has 2 heterocycles. The van der Waals surface area contributed by atoms with Crippen molar-refractivity contribution in [3.63, 3.8) is 0 Å². The normalized spacial score (nSPS) is 16.2. The Morgan fingerprint density at radius 3 is 2.76 bits per heavy atom. The molecular formula is C12H20N8O2S3. The van der Waals surface area contributed by atoms with Gasteiger partial charge in [-0.25, -0.2) is 4.98 Å². The smallest absolute Gasteiger partial charge is 0.367 e. The number of anilines is 1. The van der Waals surface area contributed by atoms with E-state index in [1.807, 2.05) is 5.38 Å². The van der Waals surface area contributed by atoms with Gasteiger partial charge in [0, 0.05) is 44.6 Å². The first kappa shape index (κ1) is 19.5. The van der Waals surface area contributed by atoms with E-state index in [-0.39, 0.29) is 11.7 Å². The molecule has 0 aromatic carbocycles. The maximum absolute atomic E-state index is 11.3. The average Bonchev–Trinajstić information content (AvgIpc) is 3.15. The third kappa shape index (κ3) is 5.86. The number of aromatic nitrogens is 1. The van der Waals surface area contributed by atoms with E-state index in [1.54, 1.807) is 32.9 Å². The predicted molar refractivity (Wildman–Crippen MR) is 105 cm³/mol. The van der Waals surface area contributed by atoms with E-state index in [0.717, 1.165) is 22.3 Å². The molecule has 1 aromatic heterocycles. The van der Waals surface area contributed by atoms with E-state index in [4.69, 9.17) is 0 Å². The van der Waals surface area contributed by atoms with Gasteiger partial charge in [0.05, 0.1) is 5.69 Å². The molecular weight excluding hydrogens is 384 g/mol. The van der Waals surface area contributed by atoms with Crippen molar-refractivity contribution in [2.45, 2.75) is 5.75 Å². The van der Waals surface area contributed by atoms with Crippen LogP contribution in [0.3, 0.4) is 0 Å². The fourth-order valence-corrected chi connectivity index (χ4v) is 4.19. The van der Waals surface area contributed by atoms with Crippen molar-refractivity contribution in [1.29, 1.82) is 0 Å². The van der Waals surface area contributed by atoms with Crippen molar-refractivity contribution >= 4 is 56.1 Å². The highest BCUT2D eigenvalue weighted by Crippen LogP contribution is 2.19. The Hall–Kier alpha value is -1.86. The second-order valence-corrected chi connectivity index (χ2v) is 7.87. The Labute approximate surface area is 154 Å². The topological polar surface area (TPSA) is 132 Å². The Morgan fingerprint density at radius 1 is 1.32 bits per heavy atom. The highest BCUT2D eigenvalue weighted by atomic mass is 32.2. The number of rotatable bonds is 6. The minimum Gasteiger partial charge on any atom is -0.369 e. The Kier molecular flexibility index (Phi) is 7.01. The fourth-order valence-electron chi connectivity index (χ4n) is 1.80. The molecule has 138 valence electrons. The second-order valence-electron chi connectivity index (χ2n) is 4.65. The number of hydrogen-bond acceptors (Lipinski definition) is 8. The maximum atomic E-state index is 11.3. The second kappa shape index (κ2) is 9.01. The highest BCUT2D eigenvalue weighted by molar-refractivity contribution is 7.98. The predicted octanol–water partition coefficient (Wildman–Crippen LogP) is -0.142. The van der Waals surface area contributed by atoms with Crippen LogP contribution in [0.5, 0.6) is 0 Å². The van der Waals surface area contributed by atoms with Gasteiger partial charge in [0.15, 0.2) is 22.8 Å². The minimum atomic E-state index is -3.74. The van der Waals surface area contributed by atoms with Crippen LogP contribution in [0.25, 0.3) is 0 Å². The molecule has 0 fully saturated rings. The van der Waals surface area contributed by atoms with Crippen LogP contribution >= 0.6 is 23.1 Å². The number of hydrogen-bond donors (Lipinski definition) is 4. The molecule has 2 rings (SSSR count). The summed E-state index contributed by atoms with van der Waals surface area (Å²) in [5.41, 5.74) is 0.974. The zero-order chi connectivity index (χ0) is 18.3. The zero-order valence-corrected chi connectivity index (χ0v) is 16.5. The first-order valence-corrected chi connectivity index (χ1v) is 10.7. The van der Waals surface area contributed by atoms with Crippen molar-refractivity contribution < 1.29 is 8.42 Å². The standard InChI is InChI=1S/C12H20N8O2S3/c1-13-9-10(20-25(21,22)19-9)16-4-5-23-6-8-7-24-12(17-8)18-11(14-2)15-3/h7H,4-6H2,1-3H3,(H,13,19)(H,16,20)(H2,14,15,17,18). The Balaban J connectivity index is 1.72. The van der Waals surface area contributed by atoms with Crippen molar-refractivity contribution in [2.75, 3.05) is 38.8 Å². The van der Waals surface area contributed by atoms with E-state index in [2.05, 4.69) is 40.0 Å². The van der Waals surface area contributed by atoms with Crippen LogP contribution < -0.4 is 21.3 Å². The molecule has 25 heavy (non-hydrogen) atoms. The van der Waals surface area contributed by atoms with E-state index in [1.165, 1.54) is 11.3 Å². The van der Waals surface area contributed by atoms with Gasteiger partial charge in [-0.15, -0.1) is 20.1 Å². The van der Waals surface area contributed by atoms with Crippen LogP contribution in [0.15, 0.2) is 19.2 Å². The SMILES string of the molecule is C/N=C(/NC)Nc1nc(CSCCNC2=NS(=O)(=O)N=C2NC)cs1. The largest absolute Gasteiger partial charge is 0.369 e. The van der Waals surface area contributed by atoms with Gasteiger partial charge >= 0.3 is 10.2 Å². The van der Waals surface area contributed by atoms with Crippen molar-refractivity contribution in [1.82, 2.24) is 20.9 Å². The quantitative estimate of drug-likeness (QED) is 0.293. The number of thioether (sulfide) groups is 1. The number of nitrogens with one attached hydrogen (secondary N) is 4. The molecule has 0 radical (unpaired) electrons. The average molecular weight is 405 g/mol. The summed E-state index contributed by atoms with van der Waals surface area (Å²) < 4.78 is 29.7. The molecule has 0 bridgehead atoms. The van der Waals surface area contributed by atoms with Crippen molar-refractivity contribution in [2.24, 2.45) is 13.8 Å². The molecule has 0 atom stereocenters. The van der Waals surface area contributed by atoms with Gasteiger partial charge in [-0.1, -0.05) is 0 Å². The van der Waals surface area contributed by atoms with Gasteiger partial charge in [0.1, 0.15) is 0 Å². The number of nitrogens with zero attached hydrogens (tertiary/aromatic N) is 4. The minimum absolute atomic E-state index is 0.234.